The van der Waals surface area contributed by atoms with Crippen molar-refractivity contribution in [2.24, 2.45) is 5.92 Å². The largest absolute Gasteiger partial charge is 0.480 e. The summed E-state index contributed by atoms with van der Waals surface area (Å²) in [5, 5.41) is 11.4. The third-order valence-electron chi connectivity index (χ3n) is 2.62. The van der Waals surface area contributed by atoms with E-state index in [1.54, 1.807) is 0 Å². The first-order valence-electron chi connectivity index (χ1n) is 6.35. The predicted octanol–water partition coefficient (Wildman–Crippen LogP) is 2.45. The Kier molecular flexibility index (Phi) is 5.90. The Labute approximate surface area is 117 Å². The number of carboxylic acid groups (broad SMARTS) is 1. The van der Waals surface area contributed by atoms with Crippen LogP contribution in [-0.2, 0) is 9.59 Å². The first-order valence-corrected chi connectivity index (χ1v) is 6.35. The van der Waals surface area contributed by atoms with Crippen LogP contribution in [0.3, 0.4) is 0 Å². The van der Waals surface area contributed by atoms with E-state index in [0.29, 0.717) is 12.0 Å². The predicted molar refractivity (Wildman–Crippen MR) is 74.5 cm³/mol. The highest BCUT2D eigenvalue weighted by Crippen LogP contribution is 2.06. The fraction of sp³-hybridized carbons (Fsp3) is 0.333. The van der Waals surface area contributed by atoms with Gasteiger partial charge in [0.2, 0.25) is 5.91 Å². The molecule has 0 radical (unpaired) electrons. The normalized spacial score (nSPS) is 12.6. The van der Waals surface area contributed by atoms with E-state index in [9.17, 15) is 14.0 Å². The number of amides is 1. The van der Waals surface area contributed by atoms with E-state index in [1.807, 2.05) is 13.8 Å². The molecule has 0 fully saturated rings. The molecule has 1 amide bonds. The molecule has 0 aromatic heterocycles. The summed E-state index contributed by atoms with van der Waals surface area (Å²) in [6.45, 7) is 3.77. The zero-order valence-corrected chi connectivity index (χ0v) is 11.5. The Morgan fingerprint density at radius 3 is 2.40 bits per heavy atom. The lowest BCUT2D eigenvalue weighted by Crippen LogP contribution is -2.40. The molecule has 1 aromatic rings. The van der Waals surface area contributed by atoms with Gasteiger partial charge in [-0.25, -0.2) is 9.18 Å². The van der Waals surface area contributed by atoms with Gasteiger partial charge in [-0.3, -0.25) is 4.79 Å². The summed E-state index contributed by atoms with van der Waals surface area (Å²) in [7, 11) is 0. The summed E-state index contributed by atoms with van der Waals surface area (Å²) >= 11 is 0. The van der Waals surface area contributed by atoms with Crippen molar-refractivity contribution >= 4 is 18.0 Å². The average Bonchev–Trinajstić information content (AvgIpc) is 2.36. The van der Waals surface area contributed by atoms with Gasteiger partial charge in [-0.05, 0) is 36.1 Å². The van der Waals surface area contributed by atoms with Crippen molar-refractivity contribution in [3.8, 4) is 0 Å². The van der Waals surface area contributed by atoms with Gasteiger partial charge in [0, 0.05) is 6.08 Å². The van der Waals surface area contributed by atoms with Gasteiger partial charge in [0.25, 0.3) is 0 Å². The number of nitrogens with one attached hydrogen (secondary N) is 1. The maximum Gasteiger partial charge on any atom is 0.326 e. The molecule has 4 nitrogen and oxygen atoms in total. The second-order valence-corrected chi connectivity index (χ2v) is 4.91. The highest BCUT2D eigenvalue weighted by atomic mass is 19.1. The second kappa shape index (κ2) is 7.43. The van der Waals surface area contributed by atoms with Crippen LogP contribution in [0.1, 0.15) is 25.8 Å². The van der Waals surface area contributed by atoms with Gasteiger partial charge >= 0.3 is 5.97 Å². The summed E-state index contributed by atoms with van der Waals surface area (Å²) in [6.07, 6.45) is 3.11. The Hall–Kier alpha value is -2.17. The van der Waals surface area contributed by atoms with Crippen molar-refractivity contribution in [2.75, 3.05) is 0 Å². The van der Waals surface area contributed by atoms with Gasteiger partial charge in [-0.15, -0.1) is 0 Å². The highest BCUT2D eigenvalue weighted by Gasteiger charge is 2.19. The molecule has 0 aliphatic rings. The average molecular weight is 279 g/mol. The van der Waals surface area contributed by atoms with Gasteiger partial charge in [-0.2, -0.15) is 0 Å². The minimum absolute atomic E-state index is 0.164. The molecule has 108 valence electrons. The van der Waals surface area contributed by atoms with E-state index in [0.717, 1.165) is 0 Å². The number of halogens is 1. The number of hydrogen-bond acceptors (Lipinski definition) is 2. The minimum atomic E-state index is -1.05. The highest BCUT2D eigenvalue weighted by molar-refractivity contribution is 5.94. The van der Waals surface area contributed by atoms with Crippen LogP contribution in [0, 0.1) is 11.7 Å². The van der Waals surface area contributed by atoms with Crippen molar-refractivity contribution in [2.45, 2.75) is 26.3 Å². The molecule has 0 unspecified atom stereocenters. The van der Waals surface area contributed by atoms with E-state index in [4.69, 9.17) is 5.11 Å². The van der Waals surface area contributed by atoms with E-state index in [1.165, 1.54) is 36.4 Å². The van der Waals surface area contributed by atoms with E-state index >= 15 is 0 Å². The Bertz CT molecular complexity index is 494. The molecule has 20 heavy (non-hydrogen) atoms. The molecule has 1 rings (SSSR count). The van der Waals surface area contributed by atoms with Crippen molar-refractivity contribution in [1.82, 2.24) is 5.32 Å². The Balaban J connectivity index is 2.61. The Morgan fingerprint density at radius 2 is 1.90 bits per heavy atom. The molecular weight excluding hydrogens is 261 g/mol. The van der Waals surface area contributed by atoms with Crippen LogP contribution in [0.15, 0.2) is 30.3 Å². The van der Waals surface area contributed by atoms with Crippen LogP contribution in [0.2, 0.25) is 0 Å². The van der Waals surface area contributed by atoms with Crippen molar-refractivity contribution in [3.05, 3.63) is 41.7 Å². The van der Waals surface area contributed by atoms with E-state index in [2.05, 4.69) is 5.32 Å². The van der Waals surface area contributed by atoms with Crippen LogP contribution < -0.4 is 5.32 Å². The topological polar surface area (TPSA) is 66.4 Å². The lowest BCUT2D eigenvalue weighted by molar-refractivity contribution is -0.141. The maximum atomic E-state index is 12.7. The standard InChI is InChI=1S/C15H18FNO3/c1-10(2)9-13(15(19)20)17-14(18)8-5-11-3-6-12(16)7-4-11/h3-8,10,13H,9H2,1-2H3,(H,17,18)(H,19,20)/b8-5+/t13-/m0/s1. The molecule has 0 spiro atoms. The van der Waals surface area contributed by atoms with Crippen LogP contribution in [-0.4, -0.2) is 23.0 Å². The summed E-state index contributed by atoms with van der Waals surface area (Å²) < 4.78 is 12.7. The number of benzene rings is 1. The third-order valence-corrected chi connectivity index (χ3v) is 2.62. The molecule has 5 heteroatoms. The van der Waals surface area contributed by atoms with Crippen molar-refractivity contribution < 1.29 is 19.1 Å². The van der Waals surface area contributed by atoms with Gasteiger partial charge < -0.3 is 10.4 Å². The molecule has 1 aromatic carbocycles. The summed E-state index contributed by atoms with van der Waals surface area (Å²) in [5.41, 5.74) is 0.664. The van der Waals surface area contributed by atoms with Gasteiger partial charge in [0.15, 0.2) is 0 Å². The zero-order valence-electron chi connectivity index (χ0n) is 11.5. The van der Waals surface area contributed by atoms with Crippen LogP contribution in [0.4, 0.5) is 4.39 Å². The number of hydrogen-bond donors (Lipinski definition) is 2. The van der Waals surface area contributed by atoms with E-state index in [-0.39, 0.29) is 11.7 Å². The van der Waals surface area contributed by atoms with Gasteiger partial charge in [0.05, 0.1) is 0 Å². The first kappa shape index (κ1) is 15.9. The number of aliphatic carboxylic acids is 1. The lowest BCUT2D eigenvalue weighted by Gasteiger charge is -2.15. The molecular formula is C15H18FNO3. The fourth-order valence-electron chi connectivity index (χ4n) is 1.66. The first-order chi connectivity index (χ1) is 9.38. The van der Waals surface area contributed by atoms with Gasteiger partial charge in [-0.1, -0.05) is 26.0 Å². The Morgan fingerprint density at radius 1 is 1.30 bits per heavy atom. The molecule has 2 N–H and O–H groups in total. The van der Waals surface area contributed by atoms with Crippen LogP contribution in [0.5, 0.6) is 0 Å². The number of rotatable bonds is 6. The molecule has 0 saturated heterocycles. The van der Waals surface area contributed by atoms with Gasteiger partial charge in [0.1, 0.15) is 11.9 Å². The molecule has 0 heterocycles. The summed E-state index contributed by atoms with van der Waals surface area (Å²) in [6, 6.07) is 4.73. The lowest BCUT2D eigenvalue weighted by atomic mass is 10.0. The molecule has 0 aliphatic carbocycles. The number of carboxylic acids is 1. The smallest absolute Gasteiger partial charge is 0.326 e. The summed E-state index contributed by atoms with van der Waals surface area (Å²) in [5.74, 6) is -1.73. The molecule has 0 bridgehead atoms. The van der Waals surface area contributed by atoms with Crippen LogP contribution >= 0.6 is 0 Å². The summed E-state index contributed by atoms with van der Waals surface area (Å²) in [4.78, 5) is 22.6. The minimum Gasteiger partial charge on any atom is -0.480 e. The SMILES string of the molecule is CC(C)C[C@H](NC(=O)/C=C/c1ccc(F)cc1)C(=O)O. The van der Waals surface area contributed by atoms with E-state index < -0.39 is 17.9 Å². The number of carbonyl (C=O) groups is 2. The van der Waals surface area contributed by atoms with Crippen LogP contribution in [0.25, 0.3) is 6.08 Å². The molecule has 0 saturated carbocycles. The zero-order chi connectivity index (χ0) is 15.1. The number of carbonyl (C=O) groups excluding carboxylic acids is 1. The third kappa shape index (κ3) is 5.65. The quantitative estimate of drug-likeness (QED) is 0.786. The maximum absolute atomic E-state index is 12.7. The van der Waals surface area contributed by atoms with Crippen molar-refractivity contribution in [3.63, 3.8) is 0 Å². The molecule has 1 atom stereocenters. The monoisotopic (exact) mass is 279 g/mol. The molecule has 0 aliphatic heterocycles. The fourth-order valence-corrected chi connectivity index (χ4v) is 1.66. The second-order valence-electron chi connectivity index (χ2n) is 4.91. The van der Waals surface area contributed by atoms with Crippen molar-refractivity contribution in [1.29, 1.82) is 0 Å².